The van der Waals surface area contributed by atoms with E-state index in [1.165, 1.54) is 32.1 Å². The van der Waals surface area contributed by atoms with Crippen LogP contribution < -0.4 is 0 Å². The number of nitrogens with zero attached hydrogens (tertiary/aromatic N) is 1. The monoisotopic (exact) mass is 378 g/mol. The molecule has 1 aliphatic heterocycles. The number of carbonyl (C=O) groups is 1. The Labute approximate surface area is 145 Å². The Bertz CT molecular complexity index is 608. The highest BCUT2D eigenvalue weighted by Gasteiger charge is 2.63. The molecule has 2 rings (SSSR count). The highest BCUT2D eigenvalue weighted by atomic mass is 32.2. The summed E-state index contributed by atoms with van der Waals surface area (Å²) in [5.41, 5.74) is -1.16. The average Bonchev–Trinajstić information content (AvgIpc) is 3.02. The standard InChI is InChI=1S/C14H19NO6PS.H2O/c1-4-15(21-22(17)18)8-7-12(23-11(2)16)10-14(15,19-3)13-6-5-9-20-13;/h5-9,12H,4,10H2,1-3H3;1H2/q+1;. The van der Waals surface area contributed by atoms with E-state index in [9.17, 15) is 14.3 Å². The third-order valence-electron chi connectivity index (χ3n) is 3.88. The van der Waals surface area contributed by atoms with Gasteiger partial charge in [-0.1, -0.05) is 16.4 Å². The molecule has 8 nitrogen and oxygen atoms in total. The number of carbonyl (C=O) groups excluding carboxylic acids is 1. The molecule has 0 radical (unpaired) electrons. The van der Waals surface area contributed by atoms with Crippen LogP contribution in [-0.2, 0) is 24.4 Å². The second-order valence-electron chi connectivity index (χ2n) is 5.09. The van der Waals surface area contributed by atoms with E-state index in [1.807, 2.05) is 6.92 Å². The Hall–Kier alpha value is -1.06. The van der Waals surface area contributed by atoms with Gasteiger partial charge in [0.25, 0.3) is 0 Å². The molecule has 134 valence electrons. The number of ether oxygens (including phenoxy) is 1. The van der Waals surface area contributed by atoms with Crippen molar-refractivity contribution >= 4 is 25.1 Å². The van der Waals surface area contributed by atoms with Crippen molar-refractivity contribution in [2.45, 2.75) is 31.2 Å². The first-order chi connectivity index (χ1) is 10.9. The van der Waals surface area contributed by atoms with Crippen LogP contribution in [0.4, 0.5) is 0 Å². The third kappa shape index (κ3) is 3.78. The maximum Gasteiger partial charge on any atom is 0.748 e. The van der Waals surface area contributed by atoms with Gasteiger partial charge in [0, 0.05) is 23.8 Å². The van der Waals surface area contributed by atoms with Crippen LogP contribution in [0.3, 0.4) is 0 Å². The Morgan fingerprint density at radius 1 is 1.62 bits per heavy atom. The molecule has 0 fully saturated rings. The van der Waals surface area contributed by atoms with Gasteiger partial charge < -0.3 is 14.6 Å². The summed E-state index contributed by atoms with van der Waals surface area (Å²) in [6, 6.07) is 3.44. The molecular weight excluding hydrogens is 357 g/mol. The molecule has 0 bridgehead atoms. The van der Waals surface area contributed by atoms with Crippen LogP contribution >= 0.6 is 20.0 Å². The van der Waals surface area contributed by atoms with Gasteiger partial charge in [-0.05, 0) is 25.1 Å². The van der Waals surface area contributed by atoms with Crippen LogP contribution in [0.2, 0.25) is 0 Å². The first kappa shape index (κ1) is 21.0. The van der Waals surface area contributed by atoms with Gasteiger partial charge in [0.05, 0.1) is 17.3 Å². The maximum atomic E-state index is 11.4. The second-order valence-corrected chi connectivity index (χ2v) is 7.15. The van der Waals surface area contributed by atoms with Crippen LogP contribution in [0, 0.1) is 0 Å². The Kier molecular flexibility index (Phi) is 7.30. The predicted octanol–water partition coefficient (Wildman–Crippen LogP) is 2.89. The number of hydrogen-bond donors (Lipinski definition) is 1. The van der Waals surface area contributed by atoms with Crippen molar-refractivity contribution in [2.75, 3.05) is 13.7 Å². The number of hydrogen-bond acceptors (Lipinski definition) is 7. The SMILES string of the molecule is CC[N+]1(O[P+](=O)O)C=CC(SC(C)=O)CC1(OC)c1ccco1.[OH-]. The summed E-state index contributed by atoms with van der Waals surface area (Å²) in [6.07, 6.45) is 5.31. The van der Waals surface area contributed by atoms with Gasteiger partial charge in [0.2, 0.25) is 0 Å². The van der Waals surface area contributed by atoms with Gasteiger partial charge in [-0.25, -0.2) is 0 Å². The minimum absolute atomic E-state index is 0. The Morgan fingerprint density at radius 3 is 2.79 bits per heavy atom. The molecule has 0 aromatic carbocycles. The minimum atomic E-state index is -2.87. The molecule has 0 amide bonds. The van der Waals surface area contributed by atoms with E-state index in [1.54, 1.807) is 24.4 Å². The van der Waals surface area contributed by atoms with E-state index in [-0.39, 0.29) is 20.5 Å². The van der Waals surface area contributed by atoms with Crippen molar-refractivity contribution in [3.63, 3.8) is 0 Å². The largest absolute Gasteiger partial charge is 0.870 e. The van der Waals surface area contributed by atoms with Gasteiger partial charge in [0.1, 0.15) is 12.7 Å². The summed E-state index contributed by atoms with van der Waals surface area (Å²) >= 11 is 1.17. The van der Waals surface area contributed by atoms with Crippen molar-refractivity contribution in [3.05, 3.63) is 36.4 Å². The normalized spacial score (nSPS) is 29.8. The van der Waals surface area contributed by atoms with Crippen LogP contribution in [0.1, 0.15) is 26.0 Å². The number of quaternary nitrogens is 1. The van der Waals surface area contributed by atoms with Gasteiger partial charge >= 0.3 is 14.0 Å². The Balaban J connectivity index is 0.00000288. The topological polar surface area (TPSA) is 116 Å². The van der Waals surface area contributed by atoms with Gasteiger partial charge in [0.15, 0.2) is 10.9 Å². The van der Waals surface area contributed by atoms with E-state index >= 15 is 0 Å². The lowest BCUT2D eigenvalue weighted by molar-refractivity contribution is -1.11. The van der Waals surface area contributed by atoms with Crippen molar-refractivity contribution < 1.29 is 38.2 Å². The third-order valence-corrected chi connectivity index (χ3v) is 5.27. The van der Waals surface area contributed by atoms with Gasteiger partial charge in [-0.2, -0.15) is 0 Å². The second kappa shape index (κ2) is 8.35. The molecule has 10 heteroatoms. The van der Waals surface area contributed by atoms with E-state index in [2.05, 4.69) is 0 Å². The van der Waals surface area contributed by atoms with Crippen molar-refractivity contribution in [2.24, 2.45) is 0 Å². The zero-order valence-electron chi connectivity index (χ0n) is 13.6. The lowest BCUT2D eigenvalue weighted by Crippen LogP contribution is -2.61. The lowest BCUT2D eigenvalue weighted by Gasteiger charge is -2.44. The van der Waals surface area contributed by atoms with Crippen molar-refractivity contribution in [1.82, 2.24) is 0 Å². The molecule has 1 aromatic rings. The fourth-order valence-electron chi connectivity index (χ4n) is 2.91. The smallest absolute Gasteiger partial charge is 0.748 e. The number of thioether (sulfide) groups is 1. The number of furan rings is 1. The van der Waals surface area contributed by atoms with Crippen LogP contribution in [0.5, 0.6) is 0 Å². The molecule has 0 spiro atoms. The average molecular weight is 378 g/mol. The number of methoxy groups -OCH3 is 1. The van der Waals surface area contributed by atoms with Crippen molar-refractivity contribution in [3.8, 4) is 0 Å². The molecule has 2 heterocycles. The summed E-state index contributed by atoms with van der Waals surface area (Å²) in [4.78, 5) is 20.8. The summed E-state index contributed by atoms with van der Waals surface area (Å²) in [5, 5.41) is -0.176. The minimum Gasteiger partial charge on any atom is -0.870 e. The Morgan fingerprint density at radius 2 is 2.33 bits per heavy atom. The maximum absolute atomic E-state index is 11.4. The molecule has 0 saturated heterocycles. The van der Waals surface area contributed by atoms with Crippen molar-refractivity contribution in [1.29, 1.82) is 0 Å². The molecule has 4 unspecified atom stereocenters. The van der Waals surface area contributed by atoms with E-state index in [0.717, 1.165) is 0 Å². The molecule has 0 saturated carbocycles. The highest BCUT2D eigenvalue weighted by Crippen LogP contribution is 2.49. The van der Waals surface area contributed by atoms with E-state index in [0.29, 0.717) is 18.7 Å². The van der Waals surface area contributed by atoms with Crippen LogP contribution in [0.15, 0.2) is 35.1 Å². The quantitative estimate of drug-likeness (QED) is 0.593. The first-order valence-corrected chi connectivity index (χ1v) is 9.09. The van der Waals surface area contributed by atoms with Crippen LogP contribution in [-0.4, -0.2) is 39.0 Å². The lowest BCUT2D eigenvalue weighted by atomic mass is 9.97. The van der Waals surface area contributed by atoms with Crippen LogP contribution in [0.25, 0.3) is 0 Å². The molecule has 0 aliphatic carbocycles. The van der Waals surface area contributed by atoms with Gasteiger partial charge in [-0.15, -0.1) is 4.89 Å². The summed E-state index contributed by atoms with van der Waals surface area (Å²) in [5.74, 6) is 0.470. The van der Waals surface area contributed by atoms with E-state index in [4.69, 9.17) is 13.8 Å². The summed E-state index contributed by atoms with van der Waals surface area (Å²) < 4.78 is 27.7. The summed E-state index contributed by atoms with van der Waals surface area (Å²) in [6.45, 7) is 3.65. The van der Waals surface area contributed by atoms with Gasteiger partial charge in [-0.3, -0.25) is 4.79 Å². The molecule has 24 heavy (non-hydrogen) atoms. The molecule has 2 N–H and O–H groups in total. The zero-order chi connectivity index (χ0) is 17.1. The molecule has 4 atom stereocenters. The predicted molar refractivity (Wildman–Crippen MR) is 86.9 cm³/mol. The fraction of sp³-hybridized carbons (Fsp3) is 0.500. The molecule has 1 aliphatic rings. The molecular formula is C14H21NO7PS+. The summed E-state index contributed by atoms with van der Waals surface area (Å²) in [7, 11) is -1.38. The van der Waals surface area contributed by atoms with E-state index < -0.39 is 14.0 Å². The first-order valence-electron chi connectivity index (χ1n) is 7.08. The fourth-order valence-corrected chi connectivity index (χ4v) is 4.34. The highest BCUT2D eigenvalue weighted by molar-refractivity contribution is 8.14. The number of hydroxylamine groups is 3. The molecule has 1 aromatic heterocycles. The zero-order valence-corrected chi connectivity index (χ0v) is 15.3. The number of rotatable bonds is 6.